The Morgan fingerprint density at radius 2 is 1.53 bits per heavy atom. The van der Waals surface area contributed by atoms with E-state index in [-0.39, 0.29) is 0 Å². The molecule has 2 aromatic carbocycles. The van der Waals surface area contributed by atoms with Crippen LogP contribution >= 0.6 is 23.8 Å². The van der Waals surface area contributed by atoms with E-state index in [1.807, 2.05) is 49.4 Å². The van der Waals surface area contributed by atoms with Gasteiger partial charge < -0.3 is 10.6 Å². The molecular weight excluding hydrogens is 276 g/mol. The van der Waals surface area contributed by atoms with Gasteiger partial charge in [0.05, 0.1) is 0 Å². The molecule has 19 heavy (non-hydrogen) atoms. The van der Waals surface area contributed by atoms with Crippen LogP contribution < -0.4 is 10.6 Å². The van der Waals surface area contributed by atoms with Crippen LogP contribution in [-0.4, -0.2) is 5.11 Å². The van der Waals surface area contributed by atoms with E-state index in [1.165, 1.54) is 5.56 Å². The molecule has 98 valence electrons. The summed E-state index contributed by atoms with van der Waals surface area (Å²) in [5, 5.41) is 7.51. The molecule has 0 saturated carbocycles. The van der Waals surface area contributed by atoms with Crippen LogP contribution in [-0.2, 0) is 0 Å². The summed E-state index contributed by atoms with van der Waals surface area (Å²) < 4.78 is 0. The van der Waals surface area contributed by atoms with Gasteiger partial charge in [0, 0.05) is 16.4 Å². The van der Waals surface area contributed by atoms with Crippen LogP contribution in [0.15, 0.2) is 42.5 Å². The molecule has 2 nitrogen and oxygen atoms in total. The maximum Gasteiger partial charge on any atom is 0.175 e. The minimum Gasteiger partial charge on any atom is -0.332 e. The number of benzene rings is 2. The monoisotopic (exact) mass is 290 g/mol. The van der Waals surface area contributed by atoms with Crippen molar-refractivity contribution in [2.45, 2.75) is 13.8 Å². The van der Waals surface area contributed by atoms with Gasteiger partial charge in [-0.25, -0.2) is 0 Å². The average molecular weight is 291 g/mol. The summed E-state index contributed by atoms with van der Waals surface area (Å²) in [7, 11) is 0. The van der Waals surface area contributed by atoms with Crippen LogP contribution in [0, 0.1) is 13.8 Å². The van der Waals surface area contributed by atoms with Crippen LogP contribution in [0.5, 0.6) is 0 Å². The van der Waals surface area contributed by atoms with Crippen molar-refractivity contribution in [2.75, 3.05) is 10.6 Å². The van der Waals surface area contributed by atoms with Crippen LogP contribution in [0.4, 0.5) is 11.4 Å². The third-order valence-electron chi connectivity index (χ3n) is 2.74. The second-order valence-electron chi connectivity index (χ2n) is 4.41. The molecule has 0 aliphatic heterocycles. The summed E-state index contributed by atoms with van der Waals surface area (Å²) >= 11 is 11.3. The molecule has 0 aliphatic carbocycles. The highest BCUT2D eigenvalue weighted by Crippen LogP contribution is 2.20. The Bertz CT molecular complexity index is 594. The highest BCUT2D eigenvalue weighted by Gasteiger charge is 2.01. The van der Waals surface area contributed by atoms with Crippen molar-refractivity contribution in [1.82, 2.24) is 0 Å². The third-order valence-corrected chi connectivity index (χ3v) is 3.35. The maximum absolute atomic E-state index is 6.07. The molecule has 0 heterocycles. The second kappa shape index (κ2) is 6.04. The smallest absolute Gasteiger partial charge is 0.175 e. The summed E-state index contributed by atoms with van der Waals surface area (Å²) in [5.74, 6) is 0. The normalized spacial score (nSPS) is 10.1. The largest absolute Gasteiger partial charge is 0.332 e. The summed E-state index contributed by atoms with van der Waals surface area (Å²) in [6.07, 6.45) is 0. The van der Waals surface area contributed by atoms with Crippen LogP contribution in [0.3, 0.4) is 0 Å². The molecule has 0 aromatic heterocycles. The molecule has 2 rings (SSSR count). The molecule has 0 fully saturated rings. The van der Waals surface area contributed by atoms with Gasteiger partial charge in [-0.15, -0.1) is 0 Å². The molecule has 0 atom stereocenters. The zero-order valence-electron chi connectivity index (χ0n) is 10.8. The fourth-order valence-corrected chi connectivity index (χ4v) is 2.02. The van der Waals surface area contributed by atoms with Crippen molar-refractivity contribution < 1.29 is 0 Å². The molecule has 0 aliphatic rings. The SMILES string of the molecule is Cc1ccc(NC(=S)Nc2ccc(C)c(Cl)c2)cc1. The minimum atomic E-state index is 0.545. The molecule has 0 bridgehead atoms. The molecule has 0 unspecified atom stereocenters. The number of halogens is 1. The van der Waals surface area contributed by atoms with Crippen molar-refractivity contribution in [3.05, 3.63) is 58.6 Å². The predicted octanol–water partition coefficient (Wildman–Crippen LogP) is 4.77. The van der Waals surface area contributed by atoms with Crippen molar-refractivity contribution in [3.63, 3.8) is 0 Å². The zero-order valence-corrected chi connectivity index (χ0v) is 12.4. The van der Waals surface area contributed by atoms with E-state index >= 15 is 0 Å². The molecule has 0 radical (unpaired) electrons. The van der Waals surface area contributed by atoms with E-state index in [9.17, 15) is 0 Å². The van der Waals surface area contributed by atoms with Gasteiger partial charge in [0.25, 0.3) is 0 Å². The topological polar surface area (TPSA) is 24.1 Å². The van der Waals surface area contributed by atoms with Crippen molar-refractivity contribution in [2.24, 2.45) is 0 Å². The number of hydrogen-bond donors (Lipinski definition) is 2. The van der Waals surface area contributed by atoms with Crippen molar-refractivity contribution in [3.8, 4) is 0 Å². The molecule has 2 N–H and O–H groups in total. The predicted molar refractivity (Wildman–Crippen MR) is 87.2 cm³/mol. The van der Waals surface area contributed by atoms with Gasteiger partial charge in [0.1, 0.15) is 0 Å². The zero-order chi connectivity index (χ0) is 13.8. The summed E-state index contributed by atoms with van der Waals surface area (Å²) in [6.45, 7) is 4.02. The molecule has 0 amide bonds. The lowest BCUT2D eigenvalue weighted by molar-refractivity contribution is 1.46. The third kappa shape index (κ3) is 3.94. The van der Waals surface area contributed by atoms with Crippen LogP contribution in [0.25, 0.3) is 0 Å². The lowest BCUT2D eigenvalue weighted by Gasteiger charge is -2.11. The van der Waals surface area contributed by atoms with E-state index in [0.717, 1.165) is 22.0 Å². The highest BCUT2D eigenvalue weighted by atomic mass is 35.5. The number of aryl methyl sites for hydroxylation is 2. The molecule has 2 aromatic rings. The average Bonchev–Trinajstić information content (AvgIpc) is 2.37. The first-order chi connectivity index (χ1) is 9.04. The number of nitrogens with one attached hydrogen (secondary N) is 2. The van der Waals surface area contributed by atoms with E-state index < -0.39 is 0 Å². The maximum atomic E-state index is 6.07. The number of hydrogen-bond acceptors (Lipinski definition) is 1. The molecule has 0 spiro atoms. The fourth-order valence-electron chi connectivity index (χ4n) is 1.60. The number of anilines is 2. The Balaban J connectivity index is 2.01. The standard InChI is InChI=1S/C15H15ClN2S/c1-10-3-6-12(7-4-10)17-15(19)18-13-8-5-11(2)14(16)9-13/h3-9H,1-2H3,(H2,17,18,19). The van der Waals surface area contributed by atoms with Gasteiger partial charge in [0.2, 0.25) is 0 Å². The Morgan fingerprint density at radius 3 is 2.16 bits per heavy atom. The molecule has 0 saturated heterocycles. The highest BCUT2D eigenvalue weighted by molar-refractivity contribution is 7.80. The van der Waals surface area contributed by atoms with Crippen LogP contribution in [0.2, 0.25) is 5.02 Å². The summed E-state index contributed by atoms with van der Waals surface area (Å²) in [6, 6.07) is 13.8. The molecule has 4 heteroatoms. The first-order valence-corrected chi connectivity index (χ1v) is 6.74. The summed E-state index contributed by atoms with van der Waals surface area (Å²) in [4.78, 5) is 0. The lowest BCUT2D eigenvalue weighted by Crippen LogP contribution is -2.18. The summed E-state index contributed by atoms with van der Waals surface area (Å²) in [5.41, 5.74) is 4.10. The van der Waals surface area contributed by atoms with Crippen LogP contribution in [0.1, 0.15) is 11.1 Å². The van der Waals surface area contributed by atoms with Gasteiger partial charge in [0.15, 0.2) is 5.11 Å². The lowest BCUT2D eigenvalue weighted by atomic mass is 10.2. The Labute approximate surface area is 123 Å². The van der Waals surface area contributed by atoms with Gasteiger partial charge >= 0.3 is 0 Å². The Kier molecular flexibility index (Phi) is 4.40. The molecular formula is C15H15ClN2S. The first kappa shape index (κ1) is 13.8. The number of rotatable bonds is 2. The Morgan fingerprint density at radius 1 is 0.947 bits per heavy atom. The van der Waals surface area contributed by atoms with E-state index in [2.05, 4.69) is 17.6 Å². The fraction of sp³-hybridized carbons (Fsp3) is 0.133. The van der Waals surface area contributed by atoms with Gasteiger partial charge in [-0.3, -0.25) is 0 Å². The van der Waals surface area contributed by atoms with Gasteiger partial charge in [-0.05, 0) is 55.9 Å². The first-order valence-electron chi connectivity index (χ1n) is 5.95. The van der Waals surface area contributed by atoms with Crippen molar-refractivity contribution in [1.29, 1.82) is 0 Å². The van der Waals surface area contributed by atoms with Gasteiger partial charge in [-0.2, -0.15) is 0 Å². The number of thiocarbonyl (C=S) groups is 1. The van der Waals surface area contributed by atoms with E-state index in [0.29, 0.717) is 5.11 Å². The second-order valence-corrected chi connectivity index (χ2v) is 5.22. The quantitative estimate of drug-likeness (QED) is 0.779. The minimum absolute atomic E-state index is 0.545. The Hall–Kier alpha value is -1.58. The van der Waals surface area contributed by atoms with E-state index in [4.69, 9.17) is 23.8 Å². The van der Waals surface area contributed by atoms with Gasteiger partial charge in [-0.1, -0.05) is 35.4 Å². The van der Waals surface area contributed by atoms with Crippen molar-refractivity contribution >= 4 is 40.3 Å². The van der Waals surface area contributed by atoms with E-state index in [1.54, 1.807) is 0 Å².